The van der Waals surface area contributed by atoms with Crippen LogP contribution in [0, 0.1) is 11.7 Å². The van der Waals surface area contributed by atoms with Crippen LogP contribution in [-0.4, -0.2) is 29.9 Å². The number of benzene rings is 2. The van der Waals surface area contributed by atoms with Gasteiger partial charge in [0.2, 0.25) is 0 Å². The van der Waals surface area contributed by atoms with Crippen LogP contribution in [0.3, 0.4) is 0 Å². The number of halogens is 1. The predicted molar refractivity (Wildman–Crippen MR) is 114 cm³/mol. The molecule has 2 rings (SSSR count). The quantitative estimate of drug-likeness (QED) is 0.559. The predicted octanol–water partition coefficient (Wildman–Crippen LogP) is 5.11. The topological polar surface area (TPSA) is 43.7 Å². The molecule has 152 valence electrons. The molecule has 0 heterocycles. The summed E-state index contributed by atoms with van der Waals surface area (Å²) in [5, 5.41) is 20.7. The minimum atomic E-state index is -0.673. The zero-order chi connectivity index (χ0) is 20.5. The van der Waals surface area contributed by atoms with E-state index in [1.54, 1.807) is 12.1 Å². The second-order valence-corrected chi connectivity index (χ2v) is 7.20. The highest BCUT2D eigenvalue weighted by Gasteiger charge is 2.28. The van der Waals surface area contributed by atoms with E-state index in [-0.39, 0.29) is 24.4 Å². The number of aliphatic hydroxyl groups is 2. The van der Waals surface area contributed by atoms with Gasteiger partial charge < -0.3 is 15.1 Å². The van der Waals surface area contributed by atoms with E-state index < -0.39 is 6.10 Å². The molecule has 3 nitrogen and oxygen atoms in total. The highest BCUT2D eigenvalue weighted by Crippen LogP contribution is 2.31. The summed E-state index contributed by atoms with van der Waals surface area (Å²) in [6.07, 6.45) is 3.52. The number of hydrogen-bond acceptors (Lipinski definition) is 3. The Morgan fingerprint density at radius 3 is 2.25 bits per heavy atom. The number of aliphatic hydroxyl groups excluding tert-OH is 2. The van der Waals surface area contributed by atoms with Crippen LogP contribution in [0.25, 0.3) is 0 Å². The summed E-state index contributed by atoms with van der Waals surface area (Å²) in [7, 11) is 2.05. The maximum atomic E-state index is 13.1. The SMILES string of the molecule is C/C=C(\CC)C(C(CO)CCC(O)c1ccc(F)cc1)N(C)c1ccccc1. The van der Waals surface area contributed by atoms with Crippen LogP contribution >= 0.6 is 0 Å². The van der Waals surface area contributed by atoms with Crippen LogP contribution in [0.4, 0.5) is 10.1 Å². The smallest absolute Gasteiger partial charge is 0.123 e. The van der Waals surface area contributed by atoms with Crippen molar-refractivity contribution in [3.63, 3.8) is 0 Å². The van der Waals surface area contributed by atoms with Crippen molar-refractivity contribution in [3.05, 3.63) is 77.6 Å². The number of rotatable bonds is 10. The Balaban J connectivity index is 2.18. The van der Waals surface area contributed by atoms with E-state index in [1.807, 2.05) is 25.1 Å². The minimum Gasteiger partial charge on any atom is -0.396 e. The van der Waals surface area contributed by atoms with E-state index in [1.165, 1.54) is 17.7 Å². The summed E-state index contributed by atoms with van der Waals surface area (Å²) in [4.78, 5) is 2.21. The Kier molecular flexibility index (Phi) is 8.68. The van der Waals surface area contributed by atoms with Crippen molar-refractivity contribution in [2.45, 2.75) is 45.3 Å². The Morgan fingerprint density at radius 1 is 1.07 bits per heavy atom. The maximum absolute atomic E-state index is 13.1. The van der Waals surface area contributed by atoms with Crippen LogP contribution in [0.1, 0.15) is 44.8 Å². The largest absolute Gasteiger partial charge is 0.396 e. The molecule has 0 aliphatic heterocycles. The molecule has 3 unspecified atom stereocenters. The first-order valence-electron chi connectivity index (χ1n) is 9.99. The molecule has 0 saturated heterocycles. The summed E-state index contributed by atoms with van der Waals surface area (Å²) in [6, 6.07) is 16.2. The third kappa shape index (κ3) is 5.66. The molecule has 0 aliphatic rings. The fourth-order valence-electron chi connectivity index (χ4n) is 3.85. The summed E-state index contributed by atoms with van der Waals surface area (Å²) in [5.74, 6) is -0.333. The minimum absolute atomic E-state index is 0.0218. The average molecular weight is 386 g/mol. The van der Waals surface area contributed by atoms with E-state index in [0.717, 1.165) is 12.1 Å². The molecule has 0 fully saturated rings. The molecule has 4 heteroatoms. The van der Waals surface area contributed by atoms with Gasteiger partial charge >= 0.3 is 0 Å². The van der Waals surface area contributed by atoms with Gasteiger partial charge in [-0.05, 0) is 56.0 Å². The standard InChI is InChI=1S/C24H32FNO2/c1-4-18(5-2)24(26(3)22-9-7-6-8-10-22)20(17-27)13-16-23(28)19-11-14-21(25)15-12-19/h4,6-12,14-15,20,23-24,27-28H,5,13,16-17H2,1-3H3/b18-4+. The summed E-state index contributed by atoms with van der Waals surface area (Å²) < 4.78 is 13.1. The molecule has 0 aromatic heterocycles. The lowest BCUT2D eigenvalue weighted by Gasteiger charge is -2.37. The van der Waals surface area contributed by atoms with E-state index >= 15 is 0 Å². The highest BCUT2D eigenvalue weighted by molar-refractivity contribution is 5.48. The van der Waals surface area contributed by atoms with Crippen molar-refractivity contribution in [2.75, 3.05) is 18.6 Å². The average Bonchev–Trinajstić information content (AvgIpc) is 2.74. The van der Waals surface area contributed by atoms with Crippen molar-refractivity contribution in [2.24, 2.45) is 5.92 Å². The van der Waals surface area contributed by atoms with E-state index in [2.05, 4.69) is 37.1 Å². The van der Waals surface area contributed by atoms with Crippen molar-refractivity contribution < 1.29 is 14.6 Å². The van der Waals surface area contributed by atoms with Crippen LogP contribution in [0.2, 0.25) is 0 Å². The zero-order valence-corrected chi connectivity index (χ0v) is 17.1. The molecule has 2 aromatic rings. The molecule has 0 spiro atoms. The van der Waals surface area contributed by atoms with Crippen LogP contribution < -0.4 is 4.90 Å². The lowest BCUT2D eigenvalue weighted by molar-refractivity contribution is 0.137. The molecule has 0 bridgehead atoms. The van der Waals surface area contributed by atoms with Crippen molar-refractivity contribution in [1.82, 2.24) is 0 Å². The van der Waals surface area contributed by atoms with Gasteiger partial charge in [-0.3, -0.25) is 0 Å². The Labute approximate surface area is 168 Å². The molecule has 0 aliphatic carbocycles. The van der Waals surface area contributed by atoms with Crippen molar-refractivity contribution >= 4 is 5.69 Å². The second-order valence-electron chi connectivity index (χ2n) is 7.20. The Bertz CT molecular complexity index is 730. The second kappa shape index (κ2) is 11.0. The first kappa shape index (κ1) is 22.1. The lowest BCUT2D eigenvalue weighted by Crippen LogP contribution is -2.41. The summed E-state index contributed by atoms with van der Waals surface area (Å²) >= 11 is 0. The first-order chi connectivity index (χ1) is 13.5. The molecule has 0 radical (unpaired) electrons. The number of hydrogen-bond donors (Lipinski definition) is 2. The summed E-state index contributed by atoms with van der Waals surface area (Å²) in [6.45, 7) is 4.20. The number of allylic oxidation sites excluding steroid dienone is 1. The molecule has 0 saturated carbocycles. The van der Waals surface area contributed by atoms with E-state index in [0.29, 0.717) is 18.4 Å². The fourth-order valence-corrected chi connectivity index (χ4v) is 3.85. The van der Waals surface area contributed by atoms with Crippen molar-refractivity contribution in [3.8, 4) is 0 Å². The third-order valence-corrected chi connectivity index (χ3v) is 5.49. The van der Waals surface area contributed by atoms with Gasteiger partial charge in [0.05, 0.1) is 12.1 Å². The zero-order valence-electron chi connectivity index (χ0n) is 17.1. The number of likely N-dealkylation sites (N-methyl/N-ethyl adjacent to an activating group) is 1. The molecule has 28 heavy (non-hydrogen) atoms. The van der Waals surface area contributed by atoms with Crippen molar-refractivity contribution in [1.29, 1.82) is 0 Å². The molecule has 3 atom stereocenters. The van der Waals surface area contributed by atoms with Crippen LogP contribution in [0.15, 0.2) is 66.2 Å². The fraction of sp³-hybridized carbons (Fsp3) is 0.417. The number of nitrogens with zero attached hydrogens (tertiary/aromatic N) is 1. The highest BCUT2D eigenvalue weighted by atomic mass is 19.1. The number of anilines is 1. The van der Waals surface area contributed by atoms with Gasteiger partial charge in [-0.25, -0.2) is 4.39 Å². The van der Waals surface area contributed by atoms with E-state index in [4.69, 9.17) is 0 Å². The van der Waals surface area contributed by atoms with Gasteiger partial charge in [0, 0.05) is 25.3 Å². The van der Waals surface area contributed by atoms with Gasteiger partial charge in [0.1, 0.15) is 5.82 Å². The van der Waals surface area contributed by atoms with E-state index in [9.17, 15) is 14.6 Å². The van der Waals surface area contributed by atoms with Gasteiger partial charge in [-0.15, -0.1) is 0 Å². The lowest BCUT2D eigenvalue weighted by atomic mass is 9.85. The Hall–Kier alpha value is -2.17. The molecular formula is C24H32FNO2. The third-order valence-electron chi connectivity index (χ3n) is 5.49. The van der Waals surface area contributed by atoms with Gasteiger partial charge in [-0.2, -0.15) is 0 Å². The van der Waals surface area contributed by atoms with Gasteiger partial charge in [-0.1, -0.05) is 48.9 Å². The maximum Gasteiger partial charge on any atom is 0.123 e. The van der Waals surface area contributed by atoms with Gasteiger partial charge in [0.15, 0.2) is 0 Å². The normalized spacial score (nSPS) is 15.1. The molecule has 2 N–H and O–H groups in total. The molecular weight excluding hydrogens is 353 g/mol. The molecule has 2 aromatic carbocycles. The van der Waals surface area contributed by atoms with Gasteiger partial charge in [0.25, 0.3) is 0 Å². The monoisotopic (exact) mass is 385 g/mol. The Morgan fingerprint density at radius 2 is 1.71 bits per heavy atom. The molecule has 0 amide bonds. The number of para-hydroxylation sites is 1. The summed E-state index contributed by atoms with van der Waals surface area (Å²) in [5.41, 5.74) is 3.06. The first-order valence-corrected chi connectivity index (χ1v) is 9.99. The van der Waals surface area contributed by atoms with Crippen LogP contribution in [0.5, 0.6) is 0 Å². The van der Waals surface area contributed by atoms with Crippen LogP contribution in [-0.2, 0) is 0 Å².